The number of thiazole rings is 1. The maximum atomic E-state index is 11.4. The standard InChI is InChI=1S/C25H30N2O10S4/c1-34-18-11-16-22(13-20(18)36-3)38-24(26(16)7-5-9-40(28,29)30)15-25-27(8-6-10-41(31,32)33)17-12-19(35-2)21(37-4)14-23(17)39-25/h11-15H,5-10H2,1-4H3,(H-,28,29,30,31,32,33). The lowest BCUT2D eigenvalue weighted by molar-refractivity contribution is -0.668. The summed E-state index contributed by atoms with van der Waals surface area (Å²) in [4.78, 5) is 2.79. The number of anilines is 1. The first kappa shape index (κ1) is 31.2. The molecule has 0 unspecified atom stereocenters. The number of methoxy groups -OCH3 is 4. The summed E-state index contributed by atoms with van der Waals surface area (Å²) in [6.45, 7) is 0.528. The first-order valence-corrected chi connectivity index (χ1v) is 17.1. The molecule has 0 saturated heterocycles. The van der Waals surface area contributed by atoms with Gasteiger partial charge in [-0.3, -0.25) is 4.55 Å². The first-order chi connectivity index (χ1) is 19.4. The lowest BCUT2D eigenvalue weighted by atomic mass is 10.2. The topological polar surface area (TPSA) is 156 Å². The Hall–Kier alpha value is -2.76. The van der Waals surface area contributed by atoms with Gasteiger partial charge in [0.15, 0.2) is 29.5 Å². The average molecular weight is 647 g/mol. The molecule has 224 valence electrons. The zero-order valence-electron chi connectivity index (χ0n) is 22.8. The van der Waals surface area contributed by atoms with Crippen LogP contribution in [-0.2, 0) is 26.8 Å². The van der Waals surface area contributed by atoms with Gasteiger partial charge in [-0.2, -0.15) is 13.0 Å². The molecule has 1 aliphatic rings. The molecule has 4 rings (SSSR count). The predicted octanol–water partition coefficient (Wildman–Crippen LogP) is 3.35. The van der Waals surface area contributed by atoms with Gasteiger partial charge < -0.3 is 28.4 Å². The summed E-state index contributed by atoms with van der Waals surface area (Å²) >= 11 is 2.89. The van der Waals surface area contributed by atoms with E-state index in [-0.39, 0.29) is 25.9 Å². The van der Waals surface area contributed by atoms with E-state index >= 15 is 0 Å². The number of rotatable bonds is 13. The highest BCUT2D eigenvalue weighted by Crippen LogP contribution is 2.51. The monoisotopic (exact) mass is 646 g/mol. The highest BCUT2D eigenvalue weighted by Gasteiger charge is 2.30. The second-order valence-electron chi connectivity index (χ2n) is 8.93. The minimum atomic E-state index is -4.40. The van der Waals surface area contributed by atoms with Crippen LogP contribution in [0, 0.1) is 0 Å². The summed E-state index contributed by atoms with van der Waals surface area (Å²) in [5.74, 6) is 1.15. The number of aromatic nitrogens is 1. The minimum absolute atomic E-state index is 0.104. The molecule has 0 spiro atoms. The lowest BCUT2D eigenvalue weighted by Crippen LogP contribution is -2.36. The Morgan fingerprint density at radius 1 is 0.902 bits per heavy atom. The molecular weight excluding hydrogens is 617 g/mol. The summed E-state index contributed by atoms with van der Waals surface area (Å²) in [6, 6.07) is 7.28. The van der Waals surface area contributed by atoms with Crippen molar-refractivity contribution < 1.29 is 49.5 Å². The molecule has 12 nitrogen and oxygen atoms in total. The Morgan fingerprint density at radius 3 is 2.12 bits per heavy atom. The summed E-state index contributed by atoms with van der Waals surface area (Å²) < 4.78 is 90.7. The molecular formula is C25H30N2O10S4. The molecule has 0 amide bonds. The van der Waals surface area contributed by atoms with Gasteiger partial charge >= 0.3 is 0 Å². The van der Waals surface area contributed by atoms with Crippen LogP contribution in [0.4, 0.5) is 5.69 Å². The molecule has 16 heteroatoms. The van der Waals surface area contributed by atoms with Gasteiger partial charge in [-0.05, 0) is 6.42 Å². The molecule has 1 aliphatic heterocycles. The van der Waals surface area contributed by atoms with Gasteiger partial charge in [0.1, 0.15) is 4.70 Å². The smallest absolute Gasteiger partial charge is 0.265 e. The van der Waals surface area contributed by atoms with Crippen LogP contribution < -0.4 is 28.4 Å². The van der Waals surface area contributed by atoms with Crippen molar-refractivity contribution in [3.05, 3.63) is 34.3 Å². The maximum absolute atomic E-state index is 11.4. The Morgan fingerprint density at radius 2 is 1.51 bits per heavy atom. The van der Waals surface area contributed by atoms with Crippen LogP contribution in [0.1, 0.15) is 17.8 Å². The maximum Gasteiger partial charge on any atom is 0.265 e. The molecule has 0 atom stereocenters. The van der Waals surface area contributed by atoms with Crippen LogP contribution in [0.2, 0.25) is 0 Å². The molecule has 0 bridgehead atoms. The van der Waals surface area contributed by atoms with Gasteiger partial charge in [0.25, 0.3) is 15.1 Å². The number of aryl methyl sites for hydroxylation is 1. The van der Waals surface area contributed by atoms with Crippen LogP contribution in [0.25, 0.3) is 16.3 Å². The van der Waals surface area contributed by atoms with E-state index in [4.69, 9.17) is 18.9 Å². The molecule has 1 aromatic heterocycles. The summed E-state index contributed by atoms with van der Waals surface area (Å²) in [5.41, 5.74) is 1.55. The van der Waals surface area contributed by atoms with Crippen molar-refractivity contribution in [1.82, 2.24) is 0 Å². The van der Waals surface area contributed by atoms with E-state index in [1.54, 1.807) is 6.07 Å². The largest absolute Gasteiger partial charge is 0.748 e. The van der Waals surface area contributed by atoms with Crippen molar-refractivity contribution in [2.24, 2.45) is 0 Å². The highest BCUT2D eigenvalue weighted by atomic mass is 32.2. The van der Waals surface area contributed by atoms with Gasteiger partial charge in [-0.25, -0.2) is 8.42 Å². The summed E-state index contributed by atoms with van der Waals surface area (Å²) in [6.07, 6.45) is 2.19. The molecule has 2 aromatic carbocycles. The highest BCUT2D eigenvalue weighted by molar-refractivity contribution is 8.04. The molecule has 0 fully saturated rings. The number of nitrogens with zero attached hydrogens (tertiary/aromatic N) is 2. The van der Waals surface area contributed by atoms with Crippen LogP contribution >= 0.6 is 23.1 Å². The van der Waals surface area contributed by atoms with Crippen molar-refractivity contribution in [2.45, 2.75) is 24.3 Å². The van der Waals surface area contributed by atoms with Crippen molar-refractivity contribution >= 4 is 65.3 Å². The average Bonchev–Trinajstić information content (AvgIpc) is 3.41. The summed E-state index contributed by atoms with van der Waals surface area (Å²) in [5, 5.41) is 1.52. The van der Waals surface area contributed by atoms with E-state index in [9.17, 15) is 25.9 Å². The SMILES string of the molecule is COc1cc2c(cc1OC)N(CCCS(=O)(=O)O)/C(=C/c1sc3cc(OC)c(OC)cc3[n+]1CCCS(=O)(=O)[O-])S2. The van der Waals surface area contributed by atoms with E-state index in [0.717, 1.165) is 30.8 Å². The quantitative estimate of drug-likeness (QED) is 0.214. The minimum Gasteiger partial charge on any atom is -0.748 e. The molecule has 0 aliphatic carbocycles. The zero-order valence-corrected chi connectivity index (χ0v) is 26.0. The number of benzene rings is 2. The zero-order chi connectivity index (χ0) is 29.9. The second kappa shape index (κ2) is 12.6. The molecule has 3 aromatic rings. The molecule has 2 heterocycles. The Bertz CT molecular complexity index is 1680. The number of hydrogen-bond acceptors (Lipinski definition) is 12. The molecule has 1 N–H and O–H groups in total. The lowest BCUT2D eigenvalue weighted by Gasteiger charge is -2.20. The van der Waals surface area contributed by atoms with E-state index < -0.39 is 31.7 Å². The van der Waals surface area contributed by atoms with Crippen molar-refractivity contribution in [3.8, 4) is 23.0 Å². The van der Waals surface area contributed by atoms with Gasteiger partial charge in [0.2, 0.25) is 5.52 Å². The van der Waals surface area contributed by atoms with E-state index in [0.29, 0.717) is 23.0 Å². The molecule has 0 saturated carbocycles. The van der Waals surface area contributed by atoms with Crippen molar-refractivity contribution in [2.75, 3.05) is 51.4 Å². The van der Waals surface area contributed by atoms with Gasteiger partial charge in [-0.15, -0.1) is 0 Å². The van der Waals surface area contributed by atoms with Crippen molar-refractivity contribution in [3.63, 3.8) is 0 Å². The van der Waals surface area contributed by atoms with Crippen LogP contribution in [-0.4, -0.2) is 72.4 Å². The number of hydrogen-bond donors (Lipinski definition) is 1. The third kappa shape index (κ3) is 7.37. The van der Waals surface area contributed by atoms with Gasteiger partial charge in [-0.1, -0.05) is 23.1 Å². The molecule has 41 heavy (non-hydrogen) atoms. The van der Waals surface area contributed by atoms with Gasteiger partial charge in [0, 0.05) is 41.8 Å². The fourth-order valence-electron chi connectivity index (χ4n) is 4.44. The summed E-state index contributed by atoms with van der Waals surface area (Å²) in [7, 11) is -2.43. The fourth-order valence-corrected chi connectivity index (χ4v) is 7.77. The third-order valence-electron chi connectivity index (χ3n) is 6.28. The molecule has 0 radical (unpaired) electrons. The number of ether oxygens (including phenoxy) is 4. The first-order valence-electron chi connectivity index (χ1n) is 12.3. The van der Waals surface area contributed by atoms with E-state index in [2.05, 4.69) is 0 Å². The predicted molar refractivity (Wildman–Crippen MR) is 156 cm³/mol. The second-order valence-corrected chi connectivity index (χ2v) is 14.2. The third-order valence-corrected chi connectivity index (χ3v) is 10.1. The van der Waals surface area contributed by atoms with Crippen LogP contribution in [0.15, 0.2) is 34.2 Å². The van der Waals surface area contributed by atoms with Crippen molar-refractivity contribution in [1.29, 1.82) is 0 Å². The van der Waals surface area contributed by atoms with E-state index in [1.165, 1.54) is 51.5 Å². The Labute approximate surface area is 247 Å². The van der Waals surface area contributed by atoms with Gasteiger partial charge in [0.05, 0.1) is 67.2 Å². The Kier molecular flexibility index (Phi) is 9.60. The fraction of sp³-hybridized carbons (Fsp3) is 0.400. The Balaban J connectivity index is 1.83. The van der Waals surface area contributed by atoms with Crippen LogP contribution in [0.3, 0.4) is 0 Å². The normalized spacial score (nSPS) is 14.5. The number of fused-ring (bicyclic) bond motifs is 2. The van der Waals surface area contributed by atoms with E-state index in [1.807, 2.05) is 33.7 Å². The van der Waals surface area contributed by atoms with Crippen LogP contribution in [0.5, 0.6) is 23.0 Å². The number of thioether (sulfide) groups is 1.